The molecule has 1 unspecified atom stereocenters. The van der Waals surface area contributed by atoms with Crippen LogP contribution in [0.1, 0.15) is 65.7 Å². The van der Waals surface area contributed by atoms with Crippen molar-refractivity contribution in [2.45, 2.75) is 71.5 Å². The summed E-state index contributed by atoms with van der Waals surface area (Å²) >= 11 is 0. The van der Waals surface area contributed by atoms with Gasteiger partial charge in [0, 0.05) is 18.3 Å². The van der Waals surface area contributed by atoms with Crippen molar-refractivity contribution in [2.24, 2.45) is 34.5 Å². The van der Waals surface area contributed by atoms with Crippen LogP contribution in [0.2, 0.25) is 0 Å². The number of hydrogen-bond acceptors (Lipinski definition) is 3. The molecule has 4 rings (SSSR count). The highest BCUT2D eigenvalue weighted by Crippen LogP contribution is 2.68. The summed E-state index contributed by atoms with van der Waals surface area (Å²) in [5, 5.41) is 21.1. The van der Waals surface area contributed by atoms with Crippen LogP contribution in [0.3, 0.4) is 0 Å². The van der Waals surface area contributed by atoms with E-state index in [-0.39, 0.29) is 10.8 Å². The van der Waals surface area contributed by atoms with Gasteiger partial charge in [0.25, 0.3) is 0 Å². The number of hydrogen-bond donors (Lipinski definition) is 2. The number of aliphatic hydroxyl groups is 2. The Bertz CT molecular complexity index is 577. The summed E-state index contributed by atoms with van der Waals surface area (Å²) in [6, 6.07) is 0. The molecule has 0 heterocycles. The van der Waals surface area contributed by atoms with E-state index in [4.69, 9.17) is 0 Å². The molecule has 0 saturated heterocycles. The summed E-state index contributed by atoms with van der Waals surface area (Å²) < 4.78 is 0. The Morgan fingerprint density at radius 2 is 1.78 bits per heavy atom. The lowest BCUT2D eigenvalue weighted by Crippen LogP contribution is -2.56. The fraction of sp³-hybridized carbons (Fsp3) is 0.850. The van der Waals surface area contributed by atoms with E-state index in [1.807, 2.05) is 6.08 Å². The average Bonchev–Trinajstić information content (AvgIpc) is 2.72. The van der Waals surface area contributed by atoms with E-state index < -0.39 is 5.79 Å². The van der Waals surface area contributed by atoms with Crippen LogP contribution < -0.4 is 0 Å². The van der Waals surface area contributed by atoms with Crippen molar-refractivity contribution in [1.82, 2.24) is 0 Å². The van der Waals surface area contributed by atoms with E-state index in [1.54, 1.807) is 0 Å². The summed E-state index contributed by atoms with van der Waals surface area (Å²) in [4.78, 5) is 11.9. The van der Waals surface area contributed by atoms with Crippen LogP contribution >= 0.6 is 0 Å². The van der Waals surface area contributed by atoms with Crippen LogP contribution in [0.4, 0.5) is 0 Å². The van der Waals surface area contributed by atoms with Gasteiger partial charge in [-0.15, -0.1) is 0 Å². The van der Waals surface area contributed by atoms with Gasteiger partial charge in [0.2, 0.25) is 0 Å². The molecule has 128 valence electrons. The average molecular weight is 318 g/mol. The van der Waals surface area contributed by atoms with Crippen LogP contribution in [0, 0.1) is 34.5 Å². The Hall–Kier alpha value is -0.670. The molecule has 0 aromatic rings. The fourth-order valence-corrected chi connectivity index (χ4v) is 6.90. The maximum Gasteiger partial charge on any atom is 0.168 e. The van der Waals surface area contributed by atoms with Gasteiger partial charge in [-0.1, -0.05) is 26.3 Å². The third kappa shape index (κ3) is 1.93. The molecular weight excluding hydrogens is 288 g/mol. The van der Waals surface area contributed by atoms with Gasteiger partial charge in [-0.05, 0) is 67.3 Å². The molecule has 0 aromatic carbocycles. The molecule has 3 nitrogen and oxygen atoms in total. The first-order valence-electron chi connectivity index (χ1n) is 9.38. The second-order valence-electron chi connectivity index (χ2n) is 9.34. The van der Waals surface area contributed by atoms with Crippen LogP contribution in [-0.2, 0) is 4.79 Å². The Balaban J connectivity index is 1.74. The van der Waals surface area contributed by atoms with Crippen LogP contribution in [0.15, 0.2) is 11.6 Å². The minimum Gasteiger partial charge on any atom is -0.365 e. The van der Waals surface area contributed by atoms with Gasteiger partial charge >= 0.3 is 0 Å². The number of rotatable bonds is 0. The first kappa shape index (κ1) is 15.8. The van der Waals surface area contributed by atoms with E-state index >= 15 is 0 Å². The predicted molar refractivity (Wildman–Crippen MR) is 88.4 cm³/mol. The molecule has 4 aliphatic rings. The third-order valence-corrected chi connectivity index (χ3v) is 8.42. The second-order valence-corrected chi connectivity index (χ2v) is 9.34. The normalized spacial score (nSPS) is 51.5. The zero-order chi connectivity index (χ0) is 16.6. The summed E-state index contributed by atoms with van der Waals surface area (Å²) in [6.07, 6.45) is 8.04. The van der Waals surface area contributed by atoms with Crippen molar-refractivity contribution >= 4 is 5.78 Å². The Morgan fingerprint density at radius 1 is 1.09 bits per heavy atom. The lowest BCUT2D eigenvalue weighted by atomic mass is 9.45. The molecular formula is C20H30O3. The summed E-state index contributed by atoms with van der Waals surface area (Å²) in [5.74, 6) is 0.894. The van der Waals surface area contributed by atoms with E-state index in [1.165, 1.54) is 5.57 Å². The van der Waals surface area contributed by atoms with E-state index in [0.717, 1.165) is 32.1 Å². The zero-order valence-electron chi connectivity index (χ0n) is 14.6. The molecule has 0 amide bonds. The summed E-state index contributed by atoms with van der Waals surface area (Å²) in [7, 11) is 0. The van der Waals surface area contributed by atoms with Crippen LogP contribution in [0.5, 0.6) is 0 Å². The molecule has 3 fully saturated rings. The Kier molecular flexibility index (Phi) is 3.23. The van der Waals surface area contributed by atoms with Gasteiger partial charge < -0.3 is 10.2 Å². The number of carbonyl (C=O) groups is 1. The quantitative estimate of drug-likeness (QED) is 0.673. The topological polar surface area (TPSA) is 57.5 Å². The minimum atomic E-state index is -1.50. The van der Waals surface area contributed by atoms with Crippen molar-refractivity contribution < 1.29 is 15.0 Å². The predicted octanol–water partition coefficient (Wildman–Crippen LogP) is 3.45. The van der Waals surface area contributed by atoms with E-state index in [2.05, 4.69) is 20.8 Å². The number of carbonyl (C=O) groups excluding carboxylic acids is 1. The number of ketones is 1. The Labute approximate surface area is 139 Å². The lowest BCUT2D eigenvalue weighted by Gasteiger charge is -2.60. The van der Waals surface area contributed by atoms with Crippen molar-refractivity contribution in [3.05, 3.63) is 11.6 Å². The maximum absolute atomic E-state index is 11.9. The largest absolute Gasteiger partial charge is 0.365 e. The van der Waals surface area contributed by atoms with Crippen molar-refractivity contribution in [2.75, 3.05) is 0 Å². The lowest BCUT2D eigenvalue weighted by molar-refractivity contribution is -0.250. The molecule has 3 heteroatoms. The van der Waals surface area contributed by atoms with Gasteiger partial charge in [-0.25, -0.2) is 0 Å². The highest BCUT2D eigenvalue weighted by Gasteiger charge is 2.64. The molecule has 6 atom stereocenters. The van der Waals surface area contributed by atoms with Gasteiger partial charge in [0.1, 0.15) is 0 Å². The first-order chi connectivity index (χ1) is 10.7. The smallest absolute Gasteiger partial charge is 0.168 e. The zero-order valence-corrected chi connectivity index (χ0v) is 14.6. The SMILES string of the molecule is CC1CC2=CC(=O)CC[C@]2(C)[C@H]2CC[C@@]3(C)[C@@H](CCC3(O)O)[C@H]12. The summed E-state index contributed by atoms with van der Waals surface area (Å²) in [6.45, 7) is 6.79. The van der Waals surface area contributed by atoms with E-state index in [9.17, 15) is 15.0 Å². The maximum atomic E-state index is 11.9. The number of allylic oxidation sites excluding steroid dienone is 1. The molecule has 0 bridgehead atoms. The minimum absolute atomic E-state index is 0.155. The molecule has 0 aliphatic heterocycles. The fourth-order valence-electron chi connectivity index (χ4n) is 6.90. The molecule has 0 radical (unpaired) electrons. The summed E-state index contributed by atoms with van der Waals surface area (Å²) in [5.41, 5.74) is 1.18. The molecule has 4 aliphatic carbocycles. The van der Waals surface area contributed by atoms with Crippen LogP contribution in [-0.4, -0.2) is 21.8 Å². The molecule has 0 spiro atoms. The van der Waals surface area contributed by atoms with E-state index in [0.29, 0.717) is 42.3 Å². The Morgan fingerprint density at radius 3 is 2.52 bits per heavy atom. The molecule has 3 saturated carbocycles. The molecule has 2 N–H and O–H groups in total. The monoisotopic (exact) mass is 318 g/mol. The second kappa shape index (κ2) is 4.70. The van der Waals surface area contributed by atoms with Crippen LogP contribution in [0.25, 0.3) is 0 Å². The van der Waals surface area contributed by atoms with Crippen molar-refractivity contribution in [1.29, 1.82) is 0 Å². The third-order valence-electron chi connectivity index (χ3n) is 8.42. The van der Waals surface area contributed by atoms with Gasteiger partial charge in [0.05, 0.1) is 0 Å². The van der Waals surface area contributed by atoms with Gasteiger partial charge in [-0.3, -0.25) is 4.79 Å². The highest BCUT2D eigenvalue weighted by atomic mass is 16.5. The molecule has 0 aromatic heterocycles. The first-order valence-corrected chi connectivity index (χ1v) is 9.38. The highest BCUT2D eigenvalue weighted by molar-refractivity contribution is 5.91. The standard InChI is InChI=1S/C20H30O3/c1-12-10-13-11-14(21)4-7-18(13,2)15-5-8-19(3)16(17(12)15)6-9-20(19,22)23/h11-12,15-17,22-23H,4-10H2,1-3H3/t12?,15-,16-,17+,18-,19-/m0/s1. The van der Waals surface area contributed by atoms with Crippen molar-refractivity contribution in [3.63, 3.8) is 0 Å². The van der Waals surface area contributed by atoms with Crippen molar-refractivity contribution in [3.8, 4) is 0 Å². The van der Waals surface area contributed by atoms with Gasteiger partial charge in [-0.2, -0.15) is 0 Å². The van der Waals surface area contributed by atoms with Gasteiger partial charge in [0.15, 0.2) is 11.6 Å². The molecule has 23 heavy (non-hydrogen) atoms. The number of fused-ring (bicyclic) bond motifs is 5.